The van der Waals surface area contributed by atoms with Crippen molar-refractivity contribution in [3.05, 3.63) is 64.7 Å². The monoisotopic (exact) mass is 409 g/mol. The summed E-state index contributed by atoms with van der Waals surface area (Å²) >= 11 is 5.88. The van der Waals surface area contributed by atoms with Crippen LogP contribution in [0.5, 0.6) is 0 Å². The van der Waals surface area contributed by atoms with E-state index in [1.807, 2.05) is 26.0 Å². The van der Waals surface area contributed by atoms with Crippen LogP contribution in [0.3, 0.4) is 0 Å². The van der Waals surface area contributed by atoms with Gasteiger partial charge in [0, 0.05) is 18.1 Å². The topological polar surface area (TPSA) is 87.3 Å². The van der Waals surface area contributed by atoms with Crippen molar-refractivity contribution in [2.24, 2.45) is 0 Å². The van der Waals surface area contributed by atoms with Gasteiger partial charge in [0.25, 0.3) is 0 Å². The third kappa shape index (κ3) is 6.53. The van der Waals surface area contributed by atoms with E-state index in [9.17, 15) is 13.2 Å². The zero-order valence-corrected chi connectivity index (χ0v) is 16.9. The zero-order valence-electron chi connectivity index (χ0n) is 15.3. The van der Waals surface area contributed by atoms with E-state index in [-0.39, 0.29) is 30.1 Å². The minimum atomic E-state index is -3.58. The number of amides is 2. The summed E-state index contributed by atoms with van der Waals surface area (Å²) < 4.78 is 26.8. The lowest BCUT2D eigenvalue weighted by atomic mass is 10.1. The summed E-state index contributed by atoms with van der Waals surface area (Å²) in [6.07, 6.45) is 0.717. The van der Waals surface area contributed by atoms with Crippen LogP contribution in [0.15, 0.2) is 53.4 Å². The largest absolute Gasteiger partial charge is 0.337 e. The Bertz CT molecular complexity index is 853. The van der Waals surface area contributed by atoms with Gasteiger partial charge in [0.05, 0.1) is 10.9 Å². The minimum absolute atomic E-state index is 0.0986. The fraction of sp³-hybridized carbons (Fsp3) is 0.316. The van der Waals surface area contributed by atoms with Crippen LogP contribution < -0.4 is 15.4 Å². The second-order valence-electron chi connectivity index (χ2n) is 6.12. The SMILES string of the molecule is CCC(NC(=O)NCCNS(=O)(=O)c1ccc(C)cc1)c1ccc(Cl)cc1. The Morgan fingerprint density at radius 1 is 1.04 bits per heavy atom. The number of nitrogens with one attached hydrogen (secondary N) is 3. The summed E-state index contributed by atoms with van der Waals surface area (Å²) in [6, 6.07) is 13.4. The van der Waals surface area contributed by atoms with Crippen LogP contribution in [0.4, 0.5) is 4.79 Å². The van der Waals surface area contributed by atoms with Crippen LogP contribution in [-0.2, 0) is 10.0 Å². The van der Waals surface area contributed by atoms with Crippen LogP contribution in [0, 0.1) is 6.92 Å². The maximum Gasteiger partial charge on any atom is 0.315 e. The molecule has 0 spiro atoms. The first-order chi connectivity index (χ1) is 12.8. The molecule has 2 aromatic carbocycles. The fourth-order valence-electron chi connectivity index (χ4n) is 2.49. The third-order valence-corrected chi connectivity index (χ3v) is 5.75. The number of hydrogen-bond acceptors (Lipinski definition) is 3. The van der Waals surface area contributed by atoms with Crippen molar-refractivity contribution in [1.82, 2.24) is 15.4 Å². The molecule has 0 aliphatic heterocycles. The van der Waals surface area contributed by atoms with Gasteiger partial charge in [-0.05, 0) is 43.2 Å². The number of urea groups is 1. The number of halogens is 1. The molecule has 0 aliphatic carbocycles. The molecule has 0 fully saturated rings. The Morgan fingerprint density at radius 3 is 2.26 bits per heavy atom. The molecule has 146 valence electrons. The first kappa shape index (κ1) is 21.2. The van der Waals surface area contributed by atoms with Gasteiger partial charge in [-0.1, -0.05) is 48.4 Å². The van der Waals surface area contributed by atoms with E-state index in [1.54, 1.807) is 36.4 Å². The lowest BCUT2D eigenvalue weighted by Crippen LogP contribution is -2.41. The summed E-state index contributed by atoms with van der Waals surface area (Å²) in [5.41, 5.74) is 1.94. The highest BCUT2D eigenvalue weighted by Gasteiger charge is 2.14. The van der Waals surface area contributed by atoms with Crippen LogP contribution in [0.1, 0.15) is 30.5 Å². The van der Waals surface area contributed by atoms with Gasteiger partial charge in [0.1, 0.15) is 0 Å². The van der Waals surface area contributed by atoms with Gasteiger partial charge in [-0.25, -0.2) is 17.9 Å². The molecule has 1 unspecified atom stereocenters. The number of carbonyl (C=O) groups excluding carboxylic acids is 1. The molecule has 0 radical (unpaired) electrons. The lowest BCUT2D eigenvalue weighted by molar-refractivity contribution is 0.237. The molecule has 6 nitrogen and oxygen atoms in total. The van der Waals surface area contributed by atoms with E-state index in [0.29, 0.717) is 5.02 Å². The van der Waals surface area contributed by atoms with Gasteiger partial charge in [0.15, 0.2) is 0 Å². The highest BCUT2D eigenvalue weighted by Crippen LogP contribution is 2.18. The van der Waals surface area contributed by atoms with E-state index in [2.05, 4.69) is 15.4 Å². The molecular formula is C19H24ClN3O3S. The molecule has 2 amide bonds. The van der Waals surface area contributed by atoms with E-state index < -0.39 is 10.0 Å². The Morgan fingerprint density at radius 2 is 1.67 bits per heavy atom. The Hall–Kier alpha value is -2.09. The number of hydrogen-bond donors (Lipinski definition) is 3. The number of benzene rings is 2. The first-order valence-electron chi connectivity index (χ1n) is 8.68. The predicted molar refractivity (Wildman–Crippen MR) is 107 cm³/mol. The molecule has 0 heterocycles. The molecule has 3 N–H and O–H groups in total. The zero-order chi connectivity index (χ0) is 19.9. The van der Waals surface area contributed by atoms with E-state index in [1.165, 1.54) is 0 Å². The van der Waals surface area contributed by atoms with Crippen molar-refractivity contribution in [2.75, 3.05) is 13.1 Å². The van der Waals surface area contributed by atoms with Gasteiger partial charge in [-0.3, -0.25) is 0 Å². The van der Waals surface area contributed by atoms with Crippen molar-refractivity contribution in [3.63, 3.8) is 0 Å². The van der Waals surface area contributed by atoms with Crippen molar-refractivity contribution < 1.29 is 13.2 Å². The Kier molecular flexibility index (Phi) is 7.65. The Labute approximate surface area is 165 Å². The molecule has 0 saturated carbocycles. The van der Waals surface area contributed by atoms with Crippen molar-refractivity contribution in [1.29, 1.82) is 0 Å². The maximum absolute atomic E-state index is 12.2. The van der Waals surface area contributed by atoms with Crippen molar-refractivity contribution >= 4 is 27.7 Å². The molecule has 8 heteroatoms. The number of aryl methyl sites for hydroxylation is 1. The number of carbonyl (C=O) groups is 1. The molecule has 2 aromatic rings. The quantitative estimate of drug-likeness (QED) is 0.584. The molecule has 0 aliphatic rings. The minimum Gasteiger partial charge on any atom is -0.337 e. The van der Waals surface area contributed by atoms with E-state index in [4.69, 9.17) is 11.6 Å². The van der Waals surface area contributed by atoms with E-state index in [0.717, 1.165) is 17.5 Å². The second-order valence-corrected chi connectivity index (χ2v) is 8.33. The summed E-state index contributed by atoms with van der Waals surface area (Å²) in [7, 11) is -3.58. The highest BCUT2D eigenvalue weighted by molar-refractivity contribution is 7.89. The van der Waals surface area contributed by atoms with Crippen LogP contribution in [0.2, 0.25) is 5.02 Å². The predicted octanol–water partition coefficient (Wildman–Crippen LogP) is 3.38. The number of sulfonamides is 1. The van der Waals surface area contributed by atoms with Gasteiger partial charge < -0.3 is 10.6 Å². The first-order valence-corrected chi connectivity index (χ1v) is 10.5. The molecule has 27 heavy (non-hydrogen) atoms. The summed E-state index contributed by atoms with van der Waals surface area (Å²) in [6.45, 7) is 4.13. The standard InChI is InChI=1S/C19H24ClN3O3S/c1-3-18(15-6-8-16(20)9-7-15)23-19(24)21-12-13-22-27(25,26)17-10-4-14(2)5-11-17/h4-11,18,22H,3,12-13H2,1-2H3,(H2,21,23,24). The van der Waals surface area contributed by atoms with Crippen LogP contribution in [0.25, 0.3) is 0 Å². The van der Waals surface area contributed by atoms with Crippen LogP contribution >= 0.6 is 11.6 Å². The Balaban J connectivity index is 1.79. The summed E-state index contributed by atoms with van der Waals surface area (Å²) in [5, 5.41) is 6.16. The molecule has 0 saturated heterocycles. The maximum atomic E-state index is 12.2. The smallest absolute Gasteiger partial charge is 0.315 e. The average molecular weight is 410 g/mol. The van der Waals surface area contributed by atoms with Gasteiger partial charge in [-0.15, -0.1) is 0 Å². The lowest BCUT2D eigenvalue weighted by Gasteiger charge is -2.18. The van der Waals surface area contributed by atoms with E-state index >= 15 is 0 Å². The summed E-state index contributed by atoms with van der Waals surface area (Å²) in [5.74, 6) is 0. The normalized spacial score (nSPS) is 12.4. The molecular weight excluding hydrogens is 386 g/mol. The molecule has 2 rings (SSSR count). The second kappa shape index (κ2) is 9.73. The van der Waals surface area contributed by atoms with Crippen molar-refractivity contribution in [3.8, 4) is 0 Å². The highest BCUT2D eigenvalue weighted by atomic mass is 35.5. The molecule has 0 bridgehead atoms. The van der Waals surface area contributed by atoms with Crippen LogP contribution in [-0.4, -0.2) is 27.5 Å². The van der Waals surface area contributed by atoms with Gasteiger partial charge in [-0.2, -0.15) is 0 Å². The number of rotatable bonds is 8. The average Bonchev–Trinajstić information content (AvgIpc) is 2.64. The third-order valence-electron chi connectivity index (χ3n) is 4.02. The molecule has 1 atom stereocenters. The summed E-state index contributed by atoms with van der Waals surface area (Å²) in [4.78, 5) is 12.3. The fourth-order valence-corrected chi connectivity index (χ4v) is 3.65. The van der Waals surface area contributed by atoms with Gasteiger partial charge in [0.2, 0.25) is 10.0 Å². The molecule has 0 aromatic heterocycles. The van der Waals surface area contributed by atoms with Crippen molar-refractivity contribution in [2.45, 2.75) is 31.2 Å². The van der Waals surface area contributed by atoms with Gasteiger partial charge >= 0.3 is 6.03 Å².